The number of alkyl halides is 6. The van der Waals surface area contributed by atoms with Gasteiger partial charge in [0.05, 0.1) is 97.9 Å². The molecular formula is C73H89F6N5O14. The van der Waals surface area contributed by atoms with Crippen LogP contribution in [0.25, 0.3) is 0 Å². The smallest absolute Gasteiger partial charge is 0.416 e. The summed E-state index contributed by atoms with van der Waals surface area (Å²) in [7, 11) is 6.14. The third kappa shape index (κ3) is 23.8. The van der Waals surface area contributed by atoms with Crippen molar-refractivity contribution in [2.45, 2.75) is 171 Å². The van der Waals surface area contributed by atoms with E-state index in [2.05, 4.69) is 33.5 Å². The van der Waals surface area contributed by atoms with Gasteiger partial charge >= 0.3 is 24.4 Å². The molecule has 19 nitrogen and oxygen atoms in total. The fraction of sp³-hybridized carbons (Fsp3) is 0.466. The van der Waals surface area contributed by atoms with Crippen molar-refractivity contribution in [3.8, 4) is 23.0 Å². The number of anilines is 2. The standard InChI is InChI=1S/C73H89F6N5O14/c1-6-7-8-9-10-11-12-13-14-15-22-63(85)83-64-61(46-92-41-48-23-31-56(88-2)32-24-48)94-45-60(82-70(86)80-54-20-16-18-52(39-54)72(74,75)76)66(64)98-69-65(84-71(87)81-55-21-17-19-53(40-55)73(77,78)79)68(96-44-51-29-37-59(91-5)38-30-51)67(95-43-50-27-35-58(90-4)36-28-50)62(97-69)47-93-42-49-25-33-57(89-3)34-26-49/h16-21,23-40,60-62,64-69H,6-15,22,41-47H2,1-5H3,(H,83,85)(H2,80,82,86)(H2,81,84,87)/t60?,61?,62?,64-,65?,66+,67+,68+,69-/m0/s1. The van der Waals surface area contributed by atoms with Crippen molar-refractivity contribution in [3.05, 3.63) is 179 Å². The maximum atomic E-state index is 14.8. The van der Waals surface area contributed by atoms with Crippen molar-refractivity contribution in [2.24, 2.45) is 0 Å². The molecule has 532 valence electrons. The van der Waals surface area contributed by atoms with Gasteiger partial charge in [0.1, 0.15) is 59.6 Å². The van der Waals surface area contributed by atoms with Crippen LogP contribution in [0, 0.1) is 0 Å². The quantitative estimate of drug-likeness (QED) is 0.0183. The Kier molecular flexibility index (Phi) is 29.5. The van der Waals surface area contributed by atoms with Crippen LogP contribution in [0.15, 0.2) is 146 Å². The average molecular weight is 1370 g/mol. The molecule has 2 fully saturated rings. The number of halogens is 6. The van der Waals surface area contributed by atoms with Gasteiger partial charge in [-0.2, -0.15) is 26.3 Å². The summed E-state index contributed by atoms with van der Waals surface area (Å²) in [4.78, 5) is 43.8. The third-order valence-electron chi connectivity index (χ3n) is 16.8. The van der Waals surface area contributed by atoms with Gasteiger partial charge in [0.2, 0.25) is 5.91 Å². The second kappa shape index (κ2) is 38.3. The van der Waals surface area contributed by atoms with Crippen LogP contribution in [0.4, 0.5) is 47.3 Å². The van der Waals surface area contributed by atoms with E-state index in [4.69, 9.17) is 52.1 Å². The number of benzene rings is 6. The minimum atomic E-state index is -4.78. The first-order chi connectivity index (χ1) is 47.3. The van der Waals surface area contributed by atoms with E-state index in [1.807, 2.05) is 24.3 Å². The first kappa shape index (κ1) is 75.6. The summed E-state index contributed by atoms with van der Waals surface area (Å²) in [6.45, 7) is 1.27. The van der Waals surface area contributed by atoms with Crippen molar-refractivity contribution in [3.63, 3.8) is 0 Å². The topological polar surface area (TPSA) is 213 Å². The Bertz CT molecular complexity index is 3370. The van der Waals surface area contributed by atoms with Crippen molar-refractivity contribution < 1.29 is 92.8 Å². The zero-order valence-corrected chi connectivity index (χ0v) is 55.8. The lowest BCUT2D eigenvalue weighted by atomic mass is 9.93. The second-order valence-corrected chi connectivity index (χ2v) is 24.0. The zero-order chi connectivity index (χ0) is 69.9. The normalized spacial score (nSPS) is 20.2. The van der Waals surface area contributed by atoms with E-state index in [1.165, 1.54) is 45.6 Å². The van der Waals surface area contributed by atoms with Crippen molar-refractivity contribution in [1.82, 2.24) is 16.0 Å². The summed E-state index contributed by atoms with van der Waals surface area (Å²) in [5.74, 6) is 1.93. The van der Waals surface area contributed by atoms with Gasteiger partial charge < -0.3 is 78.7 Å². The molecule has 5 N–H and O–H groups in total. The molecular weight excluding hydrogens is 1280 g/mol. The van der Waals surface area contributed by atoms with E-state index in [0.29, 0.717) is 40.5 Å². The number of ether oxygens (including phenoxy) is 11. The maximum Gasteiger partial charge on any atom is 0.416 e. The molecule has 25 heteroatoms. The van der Waals surface area contributed by atoms with Gasteiger partial charge in [-0.05, 0) is 114 Å². The number of unbranched alkanes of at least 4 members (excludes halogenated alkanes) is 9. The summed E-state index contributed by atoms with van der Waals surface area (Å²) < 4.78 is 154. The Labute approximate surface area is 568 Å². The predicted molar refractivity (Wildman–Crippen MR) is 355 cm³/mol. The Morgan fingerprint density at radius 3 is 1.34 bits per heavy atom. The summed E-state index contributed by atoms with van der Waals surface area (Å²) in [6, 6.07) is 30.4. The molecule has 0 spiro atoms. The molecule has 98 heavy (non-hydrogen) atoms. The van der Waals surface area contributed by atoms with Crippen molar-refractivity contribution >= 4 is 29.3 Å². The molecule has 6 aromatic rings. The van der Waals surface area contributed by atoms with Crippen LogP contribution < -0.4 is 45.5 Å². The molecule has 2 aliphatic rings. The Morgan fingerprint density at radius 1 is 0.469 bits per heavy atom. The van der Waals surface area contributed by atoms with Crippen LogP contribution in [0.1, 0.15) is 111 Å². The molecule has 0 aliphatic carbocycles. The number of carbonyl (C=O) groups excluding carboxylic acids is 3. The van der Waals surface area contributed by atoms with Crippen molar-refractivity contribution in [1.29, 1.82) is 0 Å². The van der Waals surface area contributed by atoms with Crippen LogP contribution in [0.2, 0.25) is 0 Å². The zero-order valence-electron chi connectivity index (χ0n) is 55.8. The molecule has 0 bridgehead atoms. The minimum Gasteiger partial charge on any atom is -0.497 e. The highest BCUT2D eigenvalue weighted by Gasteiger charge is 2.53. The van der Waals surface area contributed by atoms with Gasteiger partial charge in [-0.3, -0.25) is 4.79 Å². The van der Waals surface area contributed by atoms with E-state index < -0.39 is 96.4 Å². The largest absolute Gasteiger partial charge is 0.497 e. The fourth-order valence-corrected chi connectivity index (χ4v) is 11.5. The average Bonchev–Trinajstić information content (AvgIpc) is 0.772. The summed E-state index contributed by atoms with van der Waals surface area (Å²) in [5.41, 5.74) is 0.315. The number of urea groups is 2. The van der Waals surface area contributed by atoms with Gasteiger partial charge in [-0.25, -0.2) is 9.59 Å². The predicted octanol–water partition coefficient (Wildman–Crippen LogP) is 14.3. The van der Waals surface area contributed by atoms with E-state index in [1.54, 1.807) is 87.0 Å². The lowest BCUT2D eigenvalue weighted by Crippen LogP contribution is -2.71. The Balaban J connectivity index is 1.22. The van der Waals surface area contributed by atoms with E-state index in [0.717, 1.165) is 86.1 Å². The highest BCUT2D eigenvalue weighted by atomic mass is 19.4. The van der Waals surface area contributed by atoms with Crippen LogP contribution in [-0.4, -0.2) is 121 Å². The molecule has 0 radical (unpaired) electrons. The Morgan fingerprint density at radius 2 is 0.888 bits per heavy atom. The molecule has 8 rings (SSSR count). The van der Waals surface area contributed by atoms with Gasteiger partial charge in [0.15, 0.2) is 6.29 Å². The van der Waals surface area contributed by atoms with Crippen LogP contribution in [0.5, 0.6) is 23.0 Å². The van der Waals surface area contributed by atoms with Crippen molar-refractivity contribution in [2.75, 3.05) is 58.9 Å². The number of rotatable bonds is 36. The number of carbonyl (C=O) groups is 3. The second-order valence-electron chi connectivity index (χ2n) is 24.0. The summed E-state index contributed by atoms with van der Waals surface area (Å²) in [5, 5.41) is 13.9. The number of hydrogen-bond donors (Lipinski definition) is 5. The van der Waals surface area contributed by atoms with Crippen LogP contribution in [-0.2, 0) is 76.7 Å². The minimum absolute atomic E-state index is 0.0390. The fourth-order valence-electron chi connectivity index (χ4n) is 11.5. The number of nitrogens with one attached hydrogen (secondary N) is 5. The first-order valence-electron chi connectivity index (χ1n) is 32.9. The molecule has 0 aromatic heterocycles. The van der Waals surface area contributed by atoms with Crippen LogP contribution in [0.3, 0.4) is 0 Å². The molecule has 0 saturated carbocycles. The van der Waals surface area contributed by atoms with E-state index in [-0.39, 0.29) is 64.0 Å². The monoisotopic (exact) mass is 1370 g/mol. The SMILES string of the molecule is CCCCCCCCCCCCC(=O)N[C@H]1C(COCc2ccc(OC)cc2)OCC(NC(=O)Nc2cccc(C(F)(F)F)c2)[C@H]1O[C@@H]1OC(COCc2ccc(OC)cc2)[C@@H](OCc2ccc(OC)cc2)[C@H](OCc2ccc(OC)cc2)C1NC(=O)Nc1cccc(C(F)(F)F)c1. The molecule has 2 saturated heterocycles. The lowest BCUT2D eigenvalue weighted by molar-refractivity contribution is -0.309. The first-order valence-corrected chi connectivity index (χ1v) is 32.9. The molecule has 2 aliphatic heterocycles. The van der Waals surface area contributed by atoms with E-state index in [9.17, 15) is 40.7 Å². The van der Waals surface area contributed by atoms with Gasteiger partial charge in [-0.1, -0.05) is 125 Å². The number of hydrogen-bond acceptors (Lipinski definition) is 14. The lowest BCUT2D eigenvalue weighted by Gasteiger charge is -2.49. The molecule has 4 unspecified atom stereocenters. The van der Waals surface area contributed by atoms with E-state index >= 15 is 0 Å². The molecule has 2 heterocycles. The number of methoxy groups -OCH3 is 4. The Hall–Kier alpha value is -8.17. The van der Waals surface area contributed by atoms with Gasteiger partial charge in [-0.15, -0.1) is 0 Å². The summed E-state index contributed by atoms with van der Waals surface area (Å²) in [6.07, 6.45) is -7.28. The molecule has 9 atom stereocenters. The van der Waals surface area contributed by atoms with Gasteiger partial charge in [0, 0.05) is 17.8 Å². The highest BCUT2D eigenvalue weighted by molar-refractivity contribution is 5.90. The maximum absolute atomic E-state index is 14.8. The molecule has 6 aromatic carbocycles. The summed E-state index contributed by atoms with van der Waals surface area (Å²) >= 11 is 0. The third-order valence-corrected chi connectivity index (χ3v) is 16.8. The number of amides is 5. The van der Waals surface area contributed by atoms with Crippen LogP contribution >= 0.6 is 0 Å². The highest BCUT2D eigenvalue weighted by Crippen LogP contribution is 2.36. The van der Waals surface area contributed by atoms with Gasteiger partial charge in [0.25, 0.3) is 0 Å². The molecule has 5 amide bonds.